The van der Waals surface area contributed by atoms with E-state index < -0.39 is 8.96 Å². The van der Waals surface area contributed by atoms with Crippen LogP contribution in [-0.4, -0.2) is 37.1 Å². The third-order valence-corrected chi connectivity index (χ3v) is 6.32. The number of rotatable bonds is 5. The van der Waals surface area contributed by atoms with E-state index in [4.69, 9.17) is 0 Å². The van der Waals surface area contributed by atoms with Crippen LogP contribution in [0.4, 0.5) is 0 Å². The molecule has 0 aromatic heterocycles. The fourth-order valence-electron chi connectivity index (χ4n) is 0.948. The highest BCUT2D eigenvalue weighted by Gasteiger charge is 2.04. The molecule has 0 aliphatic heterocycles. The normalized spacial score (nSPS) is 15.3. The first-order valence-corrected chi connectivity index (χ1v) is 9.25. The smallest absolute Gasteiger partial charge is 0.108 e. The molecule has 0 N–H and O–H groups in total. The highest BCUT2D eigenvalue weighted by Crippen LogP contribution is 2.02. The maximum absolute atomic E-state index is 2.44. The van der Waals surface area contributed by atoms with E-state index in [-0.39, 0.29) is 0 Å². The fourth-order valence-corrected chi connectivity index (χ4v) is 3.71. The summed E-state index contributed by atoms with van der Waals surface area (Å²) in [6.07, 6.45) is 1.51. The molecular formula is C7H21NSi2. The Morgan fingerprint density at radius 1 is 1.40 bits per heavy atom. The predicted octanol–water partition coefficient (Wildman–Crippen LogP) is 0.927. The molecular weight excluding hydrogens is 154 g/mol. The molecule has 62 valence electrons. The predicted molar refractivity (Wildman–Crippen MR) is 55.3 cm³/mol. The van der Waals surface area contributed by atoms with Gasteiger partial charge in [0.1, 0.15) is 8.96 Å². The van der Waals surface area contributed by atoms with Crippen molar-refractivity contribution in [2.75, 3.05) is 14.1 Å². The molecule has 1 unspecified atom stereocenters. The van der Waals surface area contributed by atoms with E-state index >= 15 is 0 Å². The first-order chi connectivity index (χ1) is 4.68. The van der Waals surface area contributed by atoms with Crippen molar-refractivity contribution in [2.24, 2.45) is 0 Å². The van der Waals surface area contributed by atoms with Gasteiger partial charge in [-0.05, 0) is 20.1 Å². The maximum atomic E-state index is 2.44. The van der Waals surface area contributed by atoms with Gasteiger partial charge in [0, 0.05) is 9.52 Å². The maximum Gasteiger partial charge on any atom is 0.108 e. The average Bonchev–Trinajstić information content (AvgIpc) is 1.88. The summed E-state index contributed by atoms with van der Waals surface area (Å²) in [5, 5.41) is 0. The van der Waals surface area contributed by atoms with Crippen LogP contribution in [0, 0.1) is 0 Å². The molecule has 0 spiro atoms. The molecule has 0 amide bonds. The highest BCUT2D eigenvalue weighted by molar-refractivity contribution is 6.54. The number of nitrogens with zero attached hydrogens (tertiary/aromatic N) is 1. The Balaban J connectivity index is 3.13. The monoisotopic (exact) mass is 175 g/mol. The molecule has 0 saturated heterocycles. The van der Waals surface area contributed by atoms with Crippen LogP contribution in [-0.2, 0) is 0 Å². The van der Waals surface area contributed by atoms with Gasteiger partial charge >= 0.3 is 0 Å². The van der Waals surface area contributed by atoms with Crippen molar-refractivity contribution in [3.8, 4) is 0 Å². The Hall–Kier alpha value is 0.394. The van der Waals surface area contributed by atoms with Gasteiger partial charge in [0.05, 0.1) is 0 Å². The zero-order valence-corrected chi connectivity index (χ0v) is 10.4. The second-order valence-electron chi connectivity index (χ2n) is 3.31. The van der Waals surface area contributed by atoms with E-state index in [9.17, 15) is 0 Å². The van der Waals surface area contributed by atoms with Crippen LogP contribution < -0.4 is 0 Å². The van der Waals surface area contributed by atoms with Crippen LogP contribution in [0.3, 0.4) is 0 Å². The van der Waals surface area contributed by atoms with Gasteiger partial charge < -0.3 is 4.57 Å². The molecule has 0 aromatic carbocycles. The Kier molecular flexibility index (Phi) is 6.37. The quantitative estimate of drug-likeness (QED) is 0.444. The van der Waals surface area contributed by atoms with Gasteiger partial charge in [-0.2, -0.15) is 0 Å². The average molecular weight is 175 g/mol. The summed E-state index contributed by atoms with van der Waals surface area (Å²) >= 11 is 0. The molecule has 0 aliphatic carbocycles. The summed E-state index contributed by atoms with van der Waals surface area (Å²) in [4.78, 5) is 0. The molecule has 0 radical (unpaired) electrons. The van der Waals surface area contributed by atoms with Crippen LogP contribution in [0.15, 0.2) is 0 Å². The molecule has 3 heteroatoms. The second kappa shape index (κ2) is 6.13. The van der Waals surface area contributed by atoms with E-state index in [1.807, 2.05) is 0 Å². The van der Waals surface area contributed by atoms with Gasteiger partial charge in [-0.3, -0.25) is 0 Å². The van der Waals surface area contributed by atoms with Crippen molar-refractivity contribution in [2.45, 2.75) is 31.6 Å². The van der Waals surface area contributed by atoms with Gasteiger partial charge in [-0.15, -0.1) is 0 Å². The van der Waals surface area contributed by atoms with Crippen molar-refractivity contribution in [3.63, 3.8) is 0 Å². The molecule has 0 rings (SSSR count). The SMILES string of the molecule is C[SiH2]CCC[SiH](C)N(C)C. The number of hydrogen-bond acceptors (Lipinski definition) is 1. The minimum absolute atomic E-state index is 0.350. The van der Waals surface area contributed by atoms with E-state index in [1.54, 1.807) is 6.04 Å². The van der Waals surface area contributed by atoms with E-state index in [0.717, 1.165) is 0 Å². The first-order valence-electron chi connectivity index (χ1n) is 4.35. The Bertz CT molecular complexity index is 76.0. The largest absolute Gasteiger partial charge is 0.332 e. The minimum Gasteiger partial charge on any atom is -0.332 e. The summed E-state index contributed by atoms with van der Waals surface area (Å²) in [5.74, 6) is 0. The van der Waals surface area contributed by atoms with Crippen molar-refractivity contribution >= 4 is 18.5 Å². The Morgan fingerprint density at radius 3 is 2.40 bits per heavy atom. The van der Waals surface area contributed by atoms with Crippen molar-refractivity contribution < 1.29 is 0 Å². The third kappa shape index (κ3) is 5.20. The molecule has 0 bridgehead atoms. The second-order valence-corrected chi connectivity index (χ2v) is 8.32. The van der Waals surface area contributed by atoms with Gasteiger partial charge in [-0.25, -0.2) is 0 Å². The molecule has 0 aromatic rings. The Morgan fingerprint density at radius 2 is 2.00 bits per heavy atom. The summed E-state index contributed by atoms with van der Waals surface area (Å²) < 4.78 is 2.44. The van der Waals surface area contributed by atoms with Gasteiger partial charge in [0.2, 0.25) is 0 Å². The van der Waals surface area contributed by atoms with Crippen LogP contribution in [0.2, 0.25) is 25.2 Å². The van der Waals surface area contributed by atoms with Crippen molar-refractivity contribution in [3.05, 3.63) is 0 Å². The van der Waals surface area contributed by atoms with Crippen LogP contribution in [0.25, 0.3) is 0 Å². The Labute approximate surface area is 69.3 Å². The van der Waals surface area contributed by atoms with Gasteiger partial charge in [0.25, 0.3) is 0 Å². The van der Waals surface area contributed by atoms with Crippen molar-refractivity contribution in [1.29, 1.82) is 0 Å². The summed E-state index contributed by atoms with van der Waals surface area (Å²) in [7, 11) is 4.34. The van der Waals surface area contributed by atoms with E-state index in [2.05, 4.69) is 31.8 Å². The van der Waals surface area contributed by atoms with E-state index in [0.29, 0.717) is 9.52 Å². The summed E-state index contributed by atoms with van der Waals surface area (Å²) in [6.45, 7) is 4.85. The topological polar surface area (TPSA) is 3.24 Å². The lowest BCUT2D eigenvalue weighted by molar-refractivity contribution is 0.636. The molecule has 10 heavy (non-hydrogen) atoms. The standard InChI is InChI=1S/C7H21NSi2/c1-8(2)10(4)7-5-6-9-3/h10H,5-7,9H2,1-4H3. The van der Waals surface area contributed by atoms with Crippen LogP contribution >= 0.6 is 0 Å². The van der Waals surface area contributed by atoms with Crippen LogP contribution in [0.5, 0.6) is 0 Å². The highest BCUT2D eigenvalue weighted by atomic mass is 28.3. The first kappa shape index (κ1) is 10.4. The lowest BCUT2D eigenvalue weighted by Gasteiger charge is -2.17. The van der Waals surface area contributed by atoms with Gasteiger partial charge in [-0.1, -0.05) is 25.6 Å². The fraction of sp³-hybridized carbons (Fsp3) is 1.00. The molecule has 1 nitrogen and oxygen atoms in total. The lowest BCUT2D eigenvalue weighted by Crippen LogP contribution is -2.28. The van der Waals surface area contributed by atoms with E-state index in [1.165, 1.54) is 12.5 Å². The van der Waals surface area contributed by atoms with Crippen molar-refractivity contribution in [1.82, 2.24) is 4.57 Å². The molecule has 0 heterocycles. The summed E-state index contributed by atoms with van der Waals surface area (Å²) in [5.41, 5.74) is 0. The molecule has 0 saturated carbocycles. The zero-order valence-electron chi connectivity index (χ0n) is 7.85. The third-order valence-electron chi connectivity index (χ3n) is 2.11. The zero-order chi connectivity index (χ0) is 7.98. The lowest BCUT2D eigenvalue weighted by atomic mass is 10.6. The minimum atomic E-state index is -0.451. The van der Waals surface area contributed by atoms with Crippen LogP contribution in [0.1, 0.15) is 6.42 Å². The molecule has 0 aliphatic rings. The molecule has 0 fully saturated rings. The van der Waals surface area contributed by atoms with Gasteiger partial charge in [0.15, 0.2) is 0 Å². The number of hydrogen-bond donors (Lipinski definition) is 0. The summed E-state index contributed by atoms with van der Waals surface area (Å²) in [6, 6.07) is 3.08. The molecule has 1 atom stereocenters.